The van der Waals surface area contributed by atoms with Gasteiger partial charge >= 0.3 is 20.7 Å². The molecule has 0 saturated heterocycles. The number of nitrogens with one attached hydrogen (secondary N) is 1. The van der Waals surface area contributed by atoms with E-state index in [0.29, 0.717) is 11.1 Å². The molecule has 1 amide bonds. The number of ether oxygens (including phenoxy) is 1. The Bertz CT molecular complexity index is 955. The second-order valence-corrected chi connectivity index (χ2v) is 9.40. The molecule has 1 atom stereocenters. The van der Waals surface area contributed by atoms with Crippen LogP contribution in [0.15, 0.2) is 48.5 Å². The van der Waals surface area contributed by atoms with Crippen molar-refractivity contribution in [2.75, 3.05) is 35.5 Å². The Hall–Kier alpha value is -2.49. The van der Waals surface area contributed by atoms with E-state index in [1.54, 1.807) is 38.5 Å². The normalized spacial score (nSPS) is 12.2. The fourth-order valence-electron chi connectivity index (χ4n) is 3.18. The van der Waals surface area contributed by atoms with Gasteiger partial charge in [0.2, 0.25) is 0 Å². The fourth-order valence-corrected chi connectivity index (χ4v) is 4.25. The van der Waals surface area contributed by atoms with E-state index in [1.165, 1.54) is 21.3 Å². The SMILES string of the molecule is COB(OC)c1ccc(C[C@H](NC(=O)c2ccc(CP(=O)(OC)OC)cc2)C(=O)OC)cc1. The van der Waals surface area contributed by atoms with Crippen LogP contribution in [0.2, 0.25) is 0 Å². The van der Waals surface area contributed by atoms with Crippen LogP contribution in [-0.4, -0.2) is 60.6 Å². The Balaban J connectivity index is 2.10. The van der Waals surface area contributed by atoms with Crippen molar-refractivity contribution in [3.8, 4) is 0 Å². The Labute approximate surface area is 194 Å². The molecule has 0 radical (unpaired) electrons. The van der Waals surface area contributed by atoms with Gasteiger partial charge in [-0.1, -0.05) is 36.4 Å². The van der Waals surface area contributed by atoms with Gasteiger partial charge in [0.15, 0.2) is 0 Å². The van der Waals surface area contributed by atoms with Crippen LogP contribution in [0.4, 0.5) is 0 Å². The molecule has 2 aromatic carbocycles. The highest BCUT2D eigenvalue weighted by Crippen LogP contribution is 2.49. The number of esters is 1. The van der Waals surface area contributed by atoms with Gasteiger partial charge in [0.1, 0.15) is 6.04 Å². The molecule has 9 nitrogen and oxygen atoms in total. The molecule has 0 fully saturated rings. The molecule has 33 heavy (non-hydrogen) atoms. The summed E-state index contributed by atoms with van der Waals surface area (Å²) in [5.74, 6) is -0.995. The van der Waals surface area contributed by atoms with Crippen LogP contribution >= 0.6 is 7.60 Å². The molecule has 0 unspecified atom stereocenters. The molecule has 2 aromatic rings. The Kier molecular flexibility index (Phi) is 10.3. The van der Waals surface area contributed by atoms with Crippen molar-refractivity contribution in [3.63, 3.8) is 0 Å². The third-order valence-corrected chi connectivity index (χ3v) is 6.92. The zero-order chi connectivity index (χ0) is 24.4. The molecule has 1 N–H and O–H groups in total. The van der Waals surface area contributed by atoms with Gasteiger partial charge in [-0.05, 0) is 28.7 Å². The van der Waals surface area contributed by atoms with Crippen molar-refractivity contribution in [1.29, 1.82) is 0 Å². The molecular formula is C22H29BNO8P. The van der Waals surface area contributed by atoms with Gasteiger partial charge in [-0.3, -0.25) is 9.36 Å². The van der Waals surface area contributed by atoms with E-state index in [4.69, 9.17) is 23.1 Å². The van der Waals surface area contributed by atoms with E-state index in [9.17, 15) is 14.2 Å². The van der Waals surface area contributed by atoms with Crippen LogP contribution < -0.4 is 10.8 Å². The summed E-state index contributed by atoms with van der Waals surface area (Å²) in [6, 6.07) is 12.9. The number of methoxy groups -OCH3 is 1. The molecular weight excluding hydrogens is 448 g/mol. The molecule has 0 aliphatic rings. The van der Waals surface area contributed by atoms with E-state index < -0.39 is 32.6 Å². The zero-order valence-corrected chi connectivity index (χ0v) is 20.3. The Morgan fingerprint density at radius 2 is 1.42 bits per heavy atom. The molecule has 0 heterocycles. The van der Waals surface area contributed by atoms with Crippen molar-refractivity contribution < 1.29 is 37.2 Å². The summed E-state index contributed by atoms with van der Waals surface area (Å²) in [6.07, 6.45) is 0.321. The maximum absolute atomic E-state index is 12.7. The summed E-state index contributed by atoms with van der Waals surface area (Å²) in [5.41, 5.74) is 2.68. The van der Waals surface area contributed by atoms with E-state index in [2.05, 4.69) is 5.32 Å². The molecule has 0 saturated carbocycles. The zero-order valence-electron chi connectivity index (χ0n) is 19.4. The second kappa shape index (κ2) is 12.7. The van der Waals surface area contributed by atoms with Gasteiger partial charge < -0.3 is 28.4 Å². The van der Waals surface area contributed by atoms with E-state index in [0.717, 1.165) is 11.0 Å². The summed E-state index contributed by atoms with van der Waals surface area (Å²) in [4.78, 5) is 25.0. The number of hydrogen-bond acceptors (Lipinski definition) is 8. The summed E-state index contributed by atoms with van der Waals surface area (Å²) >= 11 is 0. The molecule has 2 rings (SSSR count). The van der Waals surface area contributed by atoms with Crippen LogP contribution in [-0.2, 0) is 45.0 Å². The highest BCUT2D eigenvalue weighted by molar-refractivity contribution is 7.52. The monoisotopic (exact) mass is 477 g/mol. The van der Waals surface area contributed by atoms with Gasteiger partial charge in [-0.15, -0.1) is 0 Å². The number of rotatable bonds is 12. The minimum absolute atomic E-state index is 0.0790. The molecule has 0 aliphatic heterocycles. The van der Waals surface area contributed by atoms with Crippen LogP contribution in [0.25, 0.3) is 0 Å². The lowest BCUT2D eigenvalue weighted by Gasteiger charge is -2.17. The average Bonchev–Trinajstić information content (AvgIpc) is 2.85. The third kappa shape index (κ3) is 7.52. The van der Waals surface area contributed by atoms with Gasteiger partial charge in [0, 0.05) is 40.4 Å². The molecule has 0 aromatic heterocycles. The second-order valence-electron chi connectivity index (χ2n) is 7.13. The van der Waals surface area contributed by atoms with Crippen molar-refractivity contribution >= 4 is 32.1 Å². The minimum atomic E-state index is -3.21. The number of carbonyl (C=O) groups excluding carboxylic acids is 2. The molecule has 11 heteroatoms. The van der Waals surface area contributed by atoms with E-state index >= 15 is 0 Å². The number of carbonyl (C=O) groups is 2. The summed E-state index contributed by atoms with van der Waals surface area (Å²) in [7, 11) is 3.30. The minimum Gasteiger partial charge on any atom is -0.467 e. The summed E-state index contributed by atoms with van der Waals surface area (Å²) < 4.78 is 37.5. The number of benzene rings is 2. The third-order valence-electron chi connectivity index (χ3n) is 5.06. The first kappa shape index (κ1) is 26.8. The quantitative estimate of drug-likeness (QED) is 0.282. The Morgan fingerprint density at radius 1 is 0.879 bits per heavy atom. The lowest BCUT2D eigenvalue weighted by Crippen LogP contribution is -2.43. The first-order valence-corrected chi connectivity index (χ1v) is 11.8. The molecule has 0 aliphatic carbocycles. The molecule has 0 bridgehead atoms. The van der Waals surface area contributed by atoms with Crippen LogP contribution in [0, 0.1) is 0 Å². The molecule has 0 spiro atoms. The van der Waals surface area contributed by atoms with Crippen molar-refractivity contribution in [2.24, 2.45) is 0 Å². The first-order chi connectivity index (χ1) is 15.8. The van der Waals surface area contributed by atoms with Crippen molar-refractivity contribution in [3.05, 3.63) is 65.2 Å². The van der Waals surface area contributed by atoms with Crippen molar-refractivity contribution in [1.82, 2.24) is 5.32 Å². The van der Waals surface area contributed by atoms with E-state index in [-0.39, 0.29) is 12.6 Å². The van der Waals surface area contributed by atoms with Crippen LogP contribution in [0.3, 0.4) is 0 Å². The smallest absolute Gasteiger partial charge is 0.467 e. The topological polar surface area (TPSA) is 109 Å². The van der Waals surface area contributed by atoms with Gasteiger partial charge in [-0.25, -0.2) is 4.79 Å². The fraction of sp³-hybridized carbons (Fsp3) is 0.364. The first-order valence-electron chi connectivity index (χ1n) is 10.1. The molecule has 178 valence electrons. The van der Waals surface area contributed by atoms with Gasteiger partial charge in [-0.2, -0.15) is 0 Å². The summed E-state index contributed by atoms with van der Waals surface area (Å²) in [5, 5.41) is 2.72. The lowest BCUT2D eigenvalue weighted by atomic mass is 9.78. The van der Waals surface area contributed by atoms with Crippen molar-refractivity contribution in [2.45, 2.75) is 18.6 Å². The van der Waals surface area contributed by atoms with E-state index in [1.807, 2.05) is 24.3 Å². The predicted octanol–water partition coefficient (Wildman–Crippen LogP) is 2.17. The highest BCUT2D eigenvalue weighted by atomic mass is 31.2. The van der Waals surface area contributed by atoms with Crippen LogP contribution in [0.5, 0.6) is 0 Å². The number of amides is 1. The predicted molar refractivity (Wildman–Crippen MR) is 125 cm³/mol. The number of hydrogen-bond donors (Lipinski definition) is 1. The average molecular weight is 477 g/mol. The lowest BCUT2D eigenvalue weighted by molar-refractivity contribution is -0.142. The largest absolute Gasteiger partial charge is 0.493 e. The maximum Gasteiger partial charge on any atom is 0.493 e. The maximum atomic E-state index is 12.7. The van der Waals surface area contributed by atoms with Gasteiger partial charge in [0.25, 0.3) is 5.91 Å². The Morgan fingerprint density at radius 3 is 1.91 bits per heavy atom. The highest BCUT2D eigenvalue weighted by Gasteiger charge is 2.25. The van der Waals surface area contributed by atoms with Crippen LogP contribution in [0.1, 0.15) is 21.5 Å². The standard InChI is InChI=1S/C22H29BNO8P/c1-28-22(26)20(14-16-8-12-19(13-9-16)23(29-2)30-3)24-21(25)18-10-6-17(7-11-18)15-33(27,31-4)32-5/h6-13,20H,14-15H2,1-5H3,(H,24,25)/t20-/m0/s1. The van der Waals surface area contributed by atoms with Gasteiger partial charge in [0.05, 0.1) is 13.3 Å². The summed E-state index contributed by atoms with van der Waals surface area (Å²) in [6.45, 7) is 0.